The molecule has 0 unspecified atom stereocenters. The molecule has 3 aromatic rings. The third-order valence-electron chi connectivity index (χ3n) is 5.07. The monoisotopic (exact) mass is 389 g/mol. The van der Waals surface area contributed by atoms with Crippen LogP contribution in [-0.4, -0.2) is 24.7 Å². The number of nitrogens with one attached hydrogen (secondary N) is 1. The van der Waals surface area contributed by atoms with Gasteiger partial charge in [0, 0.05) is 6.42 Å². The fraction of sp³-hybridized carbons (Fsp3) is 0.240. The summed E-state index contributed by atoms with van der Waals surface area (Å²) in [5, 5.41) is 14.3. The summed E-state index contributed by atoms with van der Waals surface area (Å²) >= 11 is 0. The second-order valence-electron chi connectivity index (χ2n) is 7.32. The van der Waals surface area contributed by atoms with E-state index < -0.39 is 5.60 Å². The number of ether oxygens (including phenoxy) is 1. The van der Waals surface area contributed by atoms with Gasteiger partial charge in [0.1, 0.15) is 11.4 Å². The molecule has 1 atom stereocenters. The minimum absolute atomic E-state index is 0.133. The van der Waals surface area contributed by atoms with Gasteiger partial charge in [-0.05, 0) is 35.2 Å². The molecule has 3 rings (SSSR count). The van der Waals surface area contributed by atoms with Crippen molar-refractivity contribution < 1.29 is 14.6 Å². The van der Waals surface area contributed by atoms with Gasteiger partial charge in [0.25, 0.3) is 0 Å². The van der Waals surface area contributed by atoms with E-state index in [1.165, 1.54) is 0 Å². The molecular formula is C25H27NO3. The molecule has 0 aromatic heterocycles. The first-order valence-electron chi connectivity index (χ1n) is 9.72. The van der Waals surface area contributed by atoms with Crippen LogP contribution in [0.1, 0.15) is 22.3 Å². The van der Waals surface area contributed by atoms with E-state index >= 15 is 0 Å². The number of aliphatic hydroxyl groups is 1. The van der Waals surface area contributed by atoms with Gasteiger partial charge in [0.05, 0.1) is 20.1 Å². The summed E-state index contributed by atoms with van der Waals surface area (Å²) in [7, 11) is 1.62. The lowest BCUT2D eigenvalue weighted by molar-refractivity contribution is -0.121. The van der Waals surface area contributed by atoms with Gasteiger partial charge >= 0.3 is 0 Å². The van der Waals surface area contributed by atoms with Gasteiger partial charge < -0.3 is 15.2 Å². The Labute approximate surface area is 172 Å². The molecule has 4 heteroatoms. The van der Waals surface area contributed by atoms with Gasteiger partial charge in [-0.3, -0.25) is 4.79 Å². The molecule has 1 amide bonds. The molecule has 0 fully saturated rings. The molecule has 0 aliphatic carbocycles. The minimum Gasteiger partial charge on any atom is -0.496 e. The molecule has 2 N–H and O–H groups in total. The maximum atomic E-state index is 12.6. The first kappa shape index (κ1) is 20.6. The minimum atomic E-state index is -1.19. The van der Waals surface area contributed by atoms with E-state index in [0.29, 0.717) is 6.42 Å². The lowest BCUT2D eigenvalue weighted by atomic mass is 9.87. The number of amides is 1. The lowest BCUT2D eigenvalue weighted by Crippen LogP contribution is -2.42. The highest BCUT2D eigenvalue weighted by atomic mass is 16.5. The highest BCUT2D eigenvalue weighted by Crippen LogP contribution is 2.25. The molecule has 150 valence electrons. The normalized spacial score (nSPS) is 12.8. The average Bonchev–Trinajstić information content (AvgIpc) is 2.75. The Morgan fingerprint density at radius 3 is 2.28 bits per heavy atom. The molecule has 0 saturated carbocycles. The van der Waals surface area contributed by atoms with Crippen molar-refractivity contribution in [3.05, 3.63) is 101 Å². The third-order valence-corrected chi connectivity index (χ3v) is 5.07. The predicted octanol–water partition coefficient (Wildman–Crippen LogP) is 3.79. The number of carbonyl (C=O) groups excluding carboxylic acids is 1. The number of rotatable bonds is 8. The molecule has 0 aliphatic rings. The Morgan fingerprint density at radius 2 is 1.62 bits per heavy atom. The largest absolute Gasteiger partial charge is 0.496 e. The van der Waals surface area contributed by atoms with Gasteiger partial charge in [-0.1, -0.05) is 72.8 Å². The number of carbonyl (C=O) groups is 1. The summed E-state index contributed by atoms with van der Waals surface area (Å²) < 4.78 is 5.33. The first-order valence-corrected chi connectivity index (χ1v) is 9.72. The summed E-state index contributed by atoms with van der Waals surface area (Å²) in [6, 6.07) is 25.0. The Bertz CT molecular complexity index is 941. The molecule has 0 radical (unpaired) electrons. The van der Waals surface area contributed by atoms with Crippen molar-refractivity contribution >= 4 is 5.91 Å². The summed E-state index contributed by atoms with van der Waals surface area (Å²) in [4.78, 5) is 12.6. The van der Waals surface area contributed by atoms with Crippen LogP contribution in [0.4, 0.5) is 0 Å². The van der Waals surface area contributed by atoms with E-state index in [2.05, 4.69) is 5.32 Å². The number of aryl methyl sites for hydroxylation is 1. The number of hydrogen-bond donors (Lipinski definition) is 2. The molecule has 0 aliphatic heterocycles. The maximum Gasteiger partial charge on any atom is 0.224 e. The van der Waals surface area contributed by atoms with E-state index in [0.717, 1.165) is 28.0 Å². The quantitative estimate of drug-likeness (QED) is 0.616. The number of benzene rings is 3. The molecule has 0 saturated heterocycles. The van der Waals surface area contributed by atoms with Crippen molar-refractivity contribution in [2.75, 3.05) is 13.7 Å². The van der Waals surface area contributed by atoms with Crippen LogP contribution in [-0.2, 0) is 23.2 Å². The summed E-state index contributed by atoms with van der Waals surface area (Å²) in [5.74, 6) is 0.624. The lowest BCUT2D eigenvalue weighted by Gasteiger charge is -2.29. The van der Waals surface area contributed by atoms with Crippen LogP contribution < -0.4 is 10.1 Å². The standard InChI is InChI=1S/C25H27NO3/c1-19-13-14-21(15-23(19)29-2)16-24(27)26-18-25(28,22-11-7-4-8-12-22)17-20-9-5-3-6-10-20/h3-15,28H,16-18H2,1-2H3,(H,26,27)/t25-/m1/s1. The Hall–Kier alpha value is -3.11. The van der Waals surface area contributed by atoms with Crippen LogP contribution in [0.5, 0.6) is 5.75 Å². The molecule has 4 nitrogen and oxygen atoms in total. The van der Waals surface area contributed by atoms with E-state index in [1.54, 1.807) is 7.11 Å². The van der Waals surface area contributed by atoms with Crippen molar-refractivity contribution in [2.24, 2.45) is 0 Å². The Kier molecular flexibility index (Phi) is 6.68. The van der Waals surface area contributed by atoms with Crippen LogP contribution >= 0.6 is 0 Å². The smallest absolute Gasteiger partial charge is 0.224 e. The van der Waals surface area contributed by atoms with Crippen LogP contribution in [0.3, 0.4) is 0 Å². The zero-order valence-corrected chi connectivity index (χ0v) is 16.9. The van der Waals surface area contributed by atoms with E-state index in [-0.39, 0.29) is 18.9 Å². The van der Waals surface area contributed by atoms with Crippen molar-refractivity contribution in [1.29, 1.82) is 0 Å². The van der Waals surface area contributed by atoms with Gasteiger partial charge in [0.2, 0.25) is 5.91 Å². The fourth-order valence-electron chi connectivity index (χ4n) is 3.42. The van der Waals surface area contributed by atoms with Gasteiger partial charge in [-0.15, -0.1) is 0 Å². The molecule has 29 heavy (non-hydrogen) atoms. The highest BCUT2D eigenvalue weighted by molar-refractivity contribution is 5.78. The van der Waals surface area contributed by atoms with E-state index in [9.17, 15) is 9.90 Å². The molecular weight excluding hydrogens is 362 g/mol. The maximum absolute atomic E-state index is 12.6. The van der Waals surface area contributed by atoms with Crippen molar-refractivity contribution in [3.8, 4) is 5.75 Å². The van der Waals surface area contributed by atoms with Crippen LogP contribution in [0.25, 0.3) is 0 Å². The SMILES string of the molecule is COc1cc(CC(=O)NC[C@](O)(Cc2ccccc2)c2ccccc2)ccc1C. The fourth-order valence-corrected chi connectivity index (χ4v) is 3.42. The van der Waals surface area contributed by atoms with E-state index in [1.807, 2.05) is 85.8 Å². The van der Waals surface area contributed by atoms with Crippen LogP contribution in [0, 0.1) is 6.92 Å². The van der Waals surface area contributed by atoms with Crippen molar-refractivity contribution in [2.45, 2.75) is 25.4 Å². The van der Waals surface area contributed by atoms with Crippen LogP contribution in [0.15, 0.2) is 78.9 Å². The third kappa shape index (κ3) is 5.46. The average molecular weight is 389 g/mol. The molecule has 3 aromatic carbocycles. The number of methoxy groups -OCH3 is 1. The second kappa shape index (κ2) is 9.39. The molecule has 0 bridgehead atoms. The van der Waals surface area contributed by atoms with Gasteiger partial charge in [0.15, 0.2) is 0 Å². The summed E-state index contributed by atoms with van der Waals surface area (Å²) in [5.41, 5.74) is 2.50. The summed E-state index contributed by atoms with van der Waals surface area (Å²) in [6.07, 6.45) is 0.642. The number of hydrogen-bond acceptors (Lipinski definition) is 3. The topological polar surface area (TPSA) is 58.6 Å². The highest BCUT2D eigenvalue weighted by Gasteiger charge is 2.30. The molecule has 0 spiro atoms. The van der Waals surface area contributed by atoms with Crippen molar-refractivity contribution in [1.82, 2.24) is 5.32 Å². The Morgan fingerprint density at radius 1 is 0.966 bits per heavy atom. The molecule has 0 heterocycles. The predicted molar refractivity (Wildman–Crippen MR) is 115 cm³/mol. The van der Waals surface area contributed by atoms with Gasteiger partial charge in [-0.2, -0.15) is 0 Å². The zero-order chi connectivity index (χ0) is 20.7. The van der Waals surface area contributed by atoms with Crippen molar-refractivity contribution in [3.63, 3.8) is 0 Å². The van der Waals surface area contributed by atoms with E-state index in [4.69, 9.17) is 4.74 Å². The van der Waals surface area contributed by atoms with Gasteiger partial charge in [-0.25, -0.2) is 0 Å². The first-order chi connectivity index (χ1) is 14.0. The summed E-state index contributed by atoms with van der Waals surface area (Å²) in [6.45, 7) is 2.10. The second-order valence-corrected chi connectivity index (χ2v) is 7.32. The van der Waals surface area contributed by atoms with Crippen LogP contribution in [0.2, 0.25) is 0 Å². The Balaban J connectivity index is 1.72. The zero-order valence-electron chi connectivity index (χ0n) is 16.9.